The van der Waals surface area contributed by atoms with E-state index in [2.05, 4.69) is 16.0 Å². The normalized spacial score (nSPS) is 13.1. The largest absolute Gasteiger partial charge is 0.445 e. The second-order valence-electron chi connectivity index (χ2n) is 19.3. The van der Waals surface area contributed by atoms with Gasteiger partial charge >= 0.3 is 12.2 Å². The summed E-state index contributed by atoms with van der Waals surface area (Å²) in [5, 5.41) is 9.44. The number of methoxy groups -OCH3 is 2. The molecular formula is C58H80ClN7O17S. The van der Waals surface area contributed by atoms with Crippen LogP contribution in [0.5, 0.6) is 5.75 Å². The summed E-state index contributed by atoms with van der Waals surface area (Å²) >= 11 is 7.57. The summed E-state index contributed by atoms with van der Waals surface area (Å²) in [6.07, 6.45) is -0.675. The fourth-order valence-corrected chi connectivity index (χ4v) is 9.53. The molecule has 26 heteroatoms. The van der Waals surface area contributed by atoms with Gasteiger partial charge in [-0.25, -0.2) is 9.59 Å². The zero-order valence-electron chi connectivity index (χ0n) is 48.3. The molecule has 24 nitrogen and oxygen atoms in total. The van der Waals surface area contributed by atoms with Crippen LogP contribution in [0, 0.1) is 5.92 Å². The minimum Gasteiger partial charge on any atom is -0.445 e. The number of thiophene rings is 1. The highest BCUT2D eigenvalue weighted by molar-refractivity contribution is 7.15. The second-order valence-corrected chi connectivity index (χ2v) is 20.7. The third-order valence-electron chi connectivity index (χ3n) is 12.9. The van der Waals surface area contributed by atoms with Crippen LogP contribution in [0.1, 0.15) is 56.7 Å². The van der Waals surface area contributed by atoms with Crippen LogP contribution in [0.15, 0.2) is 66.7 Å². The van der Waals surface area contributed by atoms with Crippen molar-refractivity contribution in [2.24, 2.45) is 11.7 Å². The summed E-state index contributed by atoms with van der Waals surface area (Å²) in [4.78, 5) is 96.9. The highest BCUT2D eigenvalue weighted by Crippen LogP contribution is 2.46. The van der Waals surface area contributed by atoms with E-state index in [1.165, 1.54) is 24.0 Å². The molecule has 0 aliphatic carbocycles. The van der Waals surface area contributed by atoms with Gasteiger partial charge in [-0.3, -0.25) is 24.0 Å². The van der Waals surface area contributed by atoms with E-state index in [1.807, 2.05) is 24.3 Å². The molecule has 5 N–H and O–H groups in total. The molecule has 2 atom stereocenters. The Bertz CT molecular complexity index is 2680. The number of halogens is 1. The lowest BCUT2D eigenvalue weighted by Gasteiger charge is -2.27. The predicted octanol–water partition coefficient (Wildman–Crippen LogP) is 5.07. The van der Waals surface area contributed by atoms with Gasteiger partial charge in [0.15, 0.2) is 6.29 Å². The quantitative estimate of drug-likeness (QED) is 0.0256. The van der Waals surface area contributed by atoms with Crippen molar-refractivity contribution in [3.05, 3.63) is 87.6 Å². The molecule has 0 saturated carbocycles. The Balaban J connectivity index is 1.02. The Morgan fingerprint density at radius 1 is 0.714 bits per heavy atom. The number of carbonyl (C=O) groups is 7. The number of carbonyl (C=O) groups excluding carboxylic acids is 7. The molecule has 2 heterocycles. The van der Waals surface area contributed by atoms with Crippen LogP contribution < -0.4 is 31.3 Å². The molecule has 0 saturated heterocycles. The van der Waals surface area contributed by atoms with Crippen molar-refractivity contribution < 1.29 is 80.9 Å². The van der Waals surface area contributed by atoms with E-state index in [9.17, 15) is 33.6 Å². The number of amides is 6. The van der Waals surface area contributed by atoms with Crippen LogP contribution in [-0.2, 0) is 63.6 Å². The molecule has 0 fully saturated rings. The molecule has 1 aliphatic rings. The van der Waals surface area contributed by atoms with E-state index in [-0.39, 0.29) is 107 Å². The van der Waals surface area contributed by atoms with Crippen LogP contribution >= 0.6 is 22.9 Å². The Morgan fingerprint density at radius 2 is 1.29 bits per heavy atom. The Labute approximate surface area is 499 Å². The highest BCUT2D eigenvalue weighted by atomic mass is 35.5. The number of nitrogens with one attached hydrogen (secondary N) is 3. The summed E-state index contributed by atoms with van der Waals surface area (Å²) in [7, 11) is 3.00. The van der Waals surface area contributed by atoms with E-state index in [4.69, 9.17) is 64.7 Å². The van der Waals surface area contributed by atoms with Crippen molar-refractivity contribution in [1.82, 2.24) is 20.4 Å². The number of benzene rings is 3. The van der Waals surface area contributed by atoms with Gasteiger partial charge < -0.3 is 83.8 Å². The predicted molar refractivity (Wildman–Crippen MR) is 315 cm³/mol. The zero-order chi connectivity index (χ0) is 60.5. The standard InChI is InChI=1S/C58H80ClN7O17S/c1-41(2)54(63-51(68)15-21-76-25-27-78-29-31-80-33-34-81-32-30-79-28-26-77-22-16-60)55(70)61-37-52(69)62-44-11-9-42(10-12-44)40-82-57(72)64(19-23-74-3)17-18-65(20-24-75-4)58(73)83-49-35-48-53(47-8-6-5-7-46(47)49)43(36-59)38-66(48)56(71)50-14-13-45(39-67)84-50/h5-14,35,39,41,43,54H,15-34,36-38,40,60H2,1-4H3,(H,61,70)(H,62,69)(H,63,68)/t43-,54?/m1/s1. The SMILES string of the molecule is COCCN(CCN(CCOC)C(=O)Oc1cc2c(c3ccccc13)[C@H](CCl)CN2C(=O)c1ccc(C=O)s1)C(=O)OCc1ccc(NC(=O)CNC(=O)C(NC(=O)CCOCCOCCOCCOCCOCCOCCN)C(C)C)cc1. The zero-order valence-corrected chi connectivity index (χ0v) is 49.8. The maximum absolute atomic E-state index is 14.1. The molecule has 1 unspecified atom stereocenters. The van der Waals surface area contributed by atoms with Crippen LogP contribution in [0.4, 0.5) is 21.0 Å². The van der Waals surface area contributed by atoms with Gasteiger partial charge in [-0.05, 0) is 46.7 Å². The molecule has 462 valence electrons. The first-order valence-electron chi connectivity index (χ1n) is 27.8. The fraction of sp³-hybridized carbons (Fsp3) is 0.534. The first kappa shape index (κ1) is 68.4. The number of anilines is 2. The van der Waals surface area contributed by atoms with Gasteiger partial charge in [-0.1, -0.05) is 50.2 Å². The molecule has 1 aromatic heterocycles. The first-order chi connectivity index (χ1) is 40.8. The smallest absolute Gasteiger partial charge is 0.415 e. The maximum atomic E-state index is 14.1. The summed E-state index contributed by atoms with van der Waals surface area (Å²) in [5.41, 5.74) is 7.79. The van der Waals surface area contributed by atoms with Crippen molar-refractivity contribution in [2.75, 3.05) is 169 Å². The summed E-state index contributed by atoms with van der Waals surface area (Å²) in [6.45, 7) is 9.27. The lowest BCUT2D eigenvalue weighted by molar-refractivity contribution is -0.131. The Morgan fingerprint density at radius 3 is 1.83 bits per heavy atom. The number of ether oxygens (including phenoxy) is 10. The second kappa shape index (κ2) is 38.6. The number of hydrogen-bond acceptors (Lipinski definition) is 19. The van der Waals surface area contributed by atoms with Crippen LogP contribution in [0.2, 0.25) is 0 Å². The van der Waals surface area contributed by atoms with Crippen molar-refractivity contribution >= 4 is 87.2 Å². The summed E-state index contributed by atoms with van der Waals surface area (Å²) < 4.78 is 55.0. The lowest BCUT2D eigenvalue weighted by atomic mass is 9.95. The van der Waals surface area contributed by atoms with Gasteiger partial charge in [0.05, 0.1) is 114 Å². The van der Waals surface area contributed by atoms with Gasteiger partial charge in [0.1, 0.15) is 18.4 Å². The monoisotopic (exact) mass is 1210 g/mol. The molecule has 1 aliphatic heterocycles. The minimum absolute atomic E-state index is 0.0183. The molecule has 5 rings (SSSR count). The van der Waals surface area contributed by atoms with Crippen molar-refractivity contribution in [2.45, 2.75) is 38.8 Å². The fourth-order valence-electron chi connectivity index (χ4n) is 8.51. The molecule has 0 spiro atoms. The van der Waals surface area contributed by atoms with Crippen molar-refractivity contribution in [3.8, 4) is 5.75 Å². The lowest BCUT2D eigenvalue weighted by Crippen LogP contribution is -2.51. The topological polar surface area (TPSA) is 284 Å². The summed E-state index contributed by atoms with van der Waals surface area (Å²) in [5.74, 6) is -1.76. The van der Waals surface area contributed by atoms with Crippen LogP contribution in [0.3, 0.4) is 0 Å². The van der Waals surface area contributed by atoms with E-state index in [0.29, 0.717) is 118 Å². The van der Waals surface area contributed by atoms with E-state index >= 15 is 0 Å². The van der Waals surface area contributed by atoms with Crippen LogP contribution in [-0.4, -0.2) is 216 Å². The third-order valence-corrected chi connectivity index (χ3v) is 14.3. The number of nitrogens with two attached hydrogens (primary N) is 1. The molecule has 6 amide bonds. The molecular weight excluding hydrogens is 1130 g/mol. The summed E-state index contributed by atoms with van der Waals surface area (Å²) in [6, 6.07) is 18.0. The van der Waals surface area contributed by atoms with Gasteiger partial charge in [0.25, 0.3) is 5.91 Å². The van der Waals surface area contributed by atoms with E-state index < -0.39 is 30.0 Å². The van der Waals surface area contributed by atoms with E-state index in [0.717, 1.165) is 22.3 Å². The van der Waals surface area contributed by atoms with E-state index in [1.54, 1.807) is 61.2 Å². The number of hydrogen-bond donors (Lipinski definition) is 4. The molecule has 84 heavy (non-hydrogen) atoms. The van der Waals surface area contributed by atoms with Gasteiger partial charge in [-0.15, -0.1) is 22.9 Å². The first-order valence-corrected chi connectivity index (χ1v) is 29.1. The average Bonchev–Trinajstić information content (AvgIpc) is 2.44. The van der Waals surface area contributed by atoms with Crippen molar-refractivity contribution in [3.63, 3.8) is 0 Å². The molecule has 4 aromatic rings. The Kier molecular flexibility index (Phi) is 31.4. The van der Waals surface area contributed by atoms with Gasteiger partial charge in [0.2, 0.25) is 17.7 Å². The number of rotatable bonds is 41. The van der Waals surface area contributed by atoms with Crippen LogP contribution in [0.25, 0.3) is 10.8 Å². The minimum atomic E-state index is -0.893. The average molecular weight is 1210 g/mol. The Hall–Kier alpha value is -6.36. The van der Waals surface area contributed by atoms with Crippen molar-refractivity contribution in [1.29, 1.82) is 0 Å². The number of nitrogens with zero attached hydrogens (tertiary/aromatic N) is 3. The highest BCUT2D eigenvalue weighted by Gasteiger charge is 2.36. The third kappa shape index (κ3) is 22.9. The number of fused-ring (bicyclic) bond motifs is 3. The number of aldehydes is 1. The van der Waals surface area contributed by atoms with Gasteiger partial charge in [-0.2, -0.15) is 0 Å². The molecule has 0 radical (unpaired) electrons. The molecule has 3 aromatic carbocycles. The molecule has 0 bridgehead atoms. The van der Waals surface area contributed by atoms with Gasteiger partial charge in [0, 0.05) is 88.8 Å². The number of alkyl halides is 1. The maximum Gasteiger partial charge on any atom is 0.415 e.